The molecule has 2 rings (SSSR count). The van der Waals surface area contributed by atoms with Crippen LogP contribution in [0, 0.1) is 22.7 Å². The van der Waals surface area contributed by atoms with Crippen LogP contribution in [0.3, 0.4) is 0 Å². The third kappa shape index (κ3) is 6.98. The van der Waals surface area contributed by atoms with E-state index in [9.17, 15) is 15.0 Å². The van der Waals surface area contributed by atoms with E-state index in [1.807, 2.05) is 30.3 Å². The average molecular weight is 509 g/mol. The van der Waals surface area contributed by atoms with Crippen LogP contribution in [0.2, 0.25) is 0 Å². The van der Waals surface area contributed by atoms with Crippen molar-refractivity contribution < 1.29 is 15.0 Å². The van der Waals surface area contributed by atoms with E-state index in [0.717, 1.165) is 23.1 Å². The lowest BCUT2D eigenvalue weighted by Gasteiger charge is -2.39. The zero-order chi connectivity index (χ0) is 28.7. The Balaban J connectivity index is 3.07. The van der Waals surface area contributed by atoms with Crippen LogP contribution in [0.1, 0.15) is 123 Å². The first-order chi connectivity index (χ1) is 16.6. The number of phenols is 1. The molecule has 206 valence electrons. The van der Waals surface area contributed by atoms with Gasteiger partial charge in [0.05, 0.1) is 5.56 Å². The monoisotopic (exact) mass is 508 g/mol. The number of rotatable bonds is 6. The minimum absolute atomic E-state index is 0.0321. The zero-order valence-corrected chi connectivity index (χ0v) is 25.8. The third-order valence-corrected chi connectivity index (χ3v) is 8.15. The third-order valence-electron chi connectivity index (χ3n) is 8.15. The van der Waals surface area contributed by atoms with Gasteiger partial charge in [-0.3, -0.25) is 0 Å². The lowest BCUT2D eigenvalue weighted by atomic mass is 9.65. The first kappa shape index (κ1) is 30.9. The number of carbonyl (C=O) groups is 1. The molecule has 2 atom stereocenters. The van der Waals surface area contributed by atoms with Crippen molar-refractivity contribution in [2.75, 3.05) is 0 Å². The number of carboxylic acids is 1. The van der Waals surface area contributed by atoms with E-state index in [4.69, 9.17) is 0 Å². The molecule has 0 aromatic heterocycles. The maximum atomic E-state index is 13.2. The van der Waals surface area contributed by atoms with Gasteiger partial charge in [-0.2, -0.15) is 0 Å². The SMILES string of the molecule is CC(CC(Cc1c(C(=O)O)c(-c2ccccc2)c(C(C)(C)C)c(O)c1C(C)(C)C)C(C)(C)C)C(C)(C)C. The molecule has 0 bridgehead atoms. The standard InChI is InChI=1S/C34H52O3/c1-21(31(2,3)4)19-23(32(5,6)7)20-24-26(30(36)37)25(22-17-15-14-16-18-22)28(34(11,12)13)29(35)27(24)33(8,9)10/h14-18,21,23,35H,19-20H2,1-13H3,(H,36,37). The van der Waals surface area contributed by atoms with Crippen LogP contribution in [0.25, 0.3) is 11.1 Å². The van der Waals surface area contributed by atoms with Crippen molar-refractivity contribution in [1.82, 2.24) is 0 Å². The molecular formula is C34H52O3. The van der Waals surface area contributed by atoms with Crippen molar-refractivity contribution in [1.29, 1.82) is 0 Å². The van der Waals surface area contributed by atoms with E-state index in [-0.39, 0.29) is 22.5 Å². The van der Waals surface area contributed by atoms with Gasteiger partial charge >= 0.3 is 5.97 Å². The van der Waals surface area contributed by atoms with Crippen molar-refractivity contribution >= 4 is 5.97 Å². The van der Waals surface area contributed by atoms with Crippen molar-refractivity contribution in [3.63, 3.8) is 0 Å². The summed E-state index contributed by atoms with van der Waals surface area (Å²) in [6, 6.07) is 9.73. The summed E-state index contributed by atoms with van der Waals surface area (Å²) in [5.74, 6) is 0.0142. The fourth-order valence-corrected chi connectivity index (χ4v) is 5.43. The number of hydrogen-bond donors (Lipinski definition) is 2. The molecule has 0 aliphatic rings. The highest BCUT2D eigenvalue weighted by atomic mass is 16.4. The Kier molecular flexibility index (Phi) is 8.75. The molecule has 0 fully saturated rings. The molecule has 0 saturated heterocycles. The Bertz CT molecular complexity index is 1100. The molecule has 37 heavy (non-hydrogen) atoms. The van der Waals surface area contributed by atoms with Gasteiger partial charge in [-0.05, 0) is 57.5 Å². The van der Waals surface area contributed by atoms with Crippen LogP contribution in [-0.2, 0) is 17.3 Å². The van der Waals surface area contributed by atoms with Crippen molar-refractivity contribution in [3.05, 3.63) is 52.6 Å². The van der Waals surface area contributed by atoms with Crippen LogP contribution in [0.15, 0.2) is 30.3 Å². The average Bonchev–Trinajstić information content (AvgIpc) is 2.69. The second-order valence-electron chi connectivity index (χ2n) is 15.3. The Hall–Kier alpha value is -2.29. The van der Waals surface area contributed by atoms with Crippen LogP contribution in [0.5, 0.6) is 5.75 Å². The summed E-state index contributed by atoms with van der Waals surface area (Å²) in [6.45, 7) is 28.3. The van der Waals surface area contributed by atoms with Crippen molar-refractivity contribution in [2.45, 2.75) is 114 Å². The van der Waals surface area contributed by atoms with Crippen LogP contribution in [0.4, 0.5) is 0 Å². The molecule has 0 aliphatic carbocycles. The number of aromatic carboxylic acids is 1. The van der Waals surface area contributed by atoms with Crippen LogP contribution in [-0.4, -0.2) is 16.2 Å². The largest absolute Gasteiger partial charge is 0.507 e. The molecule has 0 heterocycles. The minimum atomic E-state index is -0.929. The minimum Gasteiger partial charge on any atom is -0.507 e. The molecule has 0 aliphatic heterocycles. The highest BCUT2D eigenvalue weighted by Gasteiger charge is 2.39. The van der Waals surface area contributed by atoms with Gasteiger partial charge in [-0.25, -0.2) is 4.79 Å². The van der Waals surface area contributed by atoms with Gasteiger partial charge in [0.2, 0.25) is 0 Å². The van der Waals surface area contributed by atoms with Gasteiger partial charge in [0, 0.05) is 16.7 Å². The predicted molar refractivity (Wildman–Crippen MR) is 158 cm³/mol. The molecule has 0 amide bonds. The second-order valence-corrected chi connectivity index (χ2v) is 15.3. The molecular weight excluding hydrogens is 456 g/mol. The topological polar surface area (TPSA) is 57.5 Å². The highest BCUT2D eigenvalue weighted by Crippen LogP contribution is 2.50. The number of carboxylic acid groups (broad SMARTS) is 1. The fourth-order valence-electron chi connectivity index (χ4n) is 5.43. The lowest BCUT2D eigenvalue weighted by molar-refractivity contribution is 0.0694. The van der Waals surface area contributed by atoms with E-state index in [1.165, 1.54) is 0 Å². The molecule has 3 heteroatoms. The first-order valence-electron chi connectivity index (χ1n) is 13.8. The Morgan fingerprint density at radius 3 is 1.65 bits per heavy atom. The summed E-state index contributed by atoms with van der Waals surface area (Å²) in [5, 5.41) is 22.8. The fraction of sp³-hybridized carbons (Fsp3) is 0.618. The summed E-state index contributed by atoms with van der Waals surface area (Å²) in [6.07, 6.45) is 1.59. The van der Waals surface area contributed by atoms with Crippen LogP contribution >= 0.6 is 0 Å². The smallest absolute Gasteiger partial charge is 0.336 e. The maximum absolute atomic E-state index is 13.2. The quantitative estimate of drug-likeness (QED) is 0.408. The zero-order valence-electron chi connectivity index (χ0n) is 25.8. The molecule has 0 spiro atoms. The first-order valence-corrected chi connectivity index (χ1v) is 13.8. The number of hydrogen-bond acceptors (Lipinski definition) is 2. The Labute approximate surface area is 226 Å². The van der Waals surface area contributed by atoms with Gasteiger partial charge < -0.3 is 10.2 Å². The molecule has 0 saturated carbocycles. The van der Waals surface area contributed by atoms with Gasteiger partial charge in [0.1, 0.15) is 5.75 Å². The highest BCUT2D eigenvalue weighted by molar-refractivity contribution is 6.00. The Morgan fingerprint density at radius 2 is 1.27 bits per heavy atom. The van der Waals surface area contributed by atoms with Crippen molar-refractivity contribution in [3.8, 4) is 16.9 Å². The maximum Gasteiger partial charge on any atom is 0.336 e. The summed E-state index contributed by atoms with van der Waals surface area (Å²) in [4.78, 5) is 13.2. The van der Waals surface area contributed by atoms with Gasteiger partial charge in [-0.15, -0.1) is 0 Å². The van der Waals surface area contributed by atoms with Gasteiger partial charge in [0.15, 0.2) is 0 Å². The van der Waals surface area contributed by atoms with E-state index in [1.54, 1.807) is 0 Å². The molecule has 3 nitrogen and oxygen atoms in total. The molecule has 0 radical (unpaired) electrons. The van der Waals surface area contributed by atoms with E-state index < -0.39 is 16.8 Å². The second kappa shape index (κ2) is 10.5. The summed E-state index contributed by atoms with van der Waals surface area (Å²) >= 11 is 0. The van der Waals surface area contributed by atoms with Crippen molar-refractivity contribution in [2.24, 2.45) is 22.7 Å². The predicted octanol–water partition coefficient (Wildman–Crippen LogP) is 9.63. The molecule has 2 N–H and O–H groups in total. The lowest BCUT2D eigenvalue weighted by Crippen LogP contribution is -2.31. The normalized spacial score (nSPS) is 14.9. The van der Waals surface area contributed by atoms with E-state index in [2.05, 4.69) is 90.0 Å². The van der Waals surface area contributed by atoms with E-state index in [0.29, 0.717) is 29.0 Å². The molecule has 2 aromatic carbocycles. The molecule has 2 aromatic rings. The van der Waals surface area contributed by atoms with Gasteiger partial charge in [-0.1, -0.05) is 120 Å². The summed E-state index contributed by atoms with van der Waals surface area (Å²) in [5.41, 5.74) is 3.32. The molecule has 2 unspecified atom stereocenters. The van der Waals surface area contributed by atoms with Crippen LogP contribution < -0.4 is 0 Å². The summed E-state index contributed by atoms with van der Waals surface area (Å²) in [7, 11) is 0. The Morgan fingerprint density at radius 1 is 0.784 bits per heavy atom. The summed E-state index contributed by atoms with van der Waals surface area (Å²) < 4.78 is 0. The van der Waals surface area contributed by atoms with Gasteiger partial charge in [0.25, 0.3) is 0 Å². The number of aromatic hydroxyl groups is 1. The number of phenolic OH excluding ortho intramolecular Hbond substituents is 1. The van der Waals surface area contributed by atoms with E-state index >= 15 is 0 Å². The number of benzene rings is 2.